The maximum absolute atomic E-state index is 11.1. The zero-order chi connectivity index (χ0) is 12.2. The Morgan fingerprint density at radius 2 is 1.88 bits per heavy atom. The molecule has 0 amide bonds. The minimum Gasteiger partial charge on any atom is -0.313 e. The highest BCUT2D eigenvalue weighted by atomic mass is 79.9. The van der Waals surface area contributed by atoms with Crippen molar-refractivity contribution in [2.24, 2.45) is 0 Å². The molecule has 0 heterocycles. The molecule has 0 aliphatic heterocycles. The third kappa shape index (κ3) is 4.63. The fourth-order valence-corrected chi connectivity index (χ4v) is 2.43. The van der Waals surface area contributed by atoms with Crippen molar-refractivity contribution in [1.82, 2.24) is 5.32 Å². The van der Waals surface area contributed by atoms with Crippen LogP contribution in [0.2, 0.25) is 0 Å². The molecule has 0 aliphatic rings. The van der Waals surface area contributed by atoms with Crippen LogP contribution in [-0.2, 0) is 9.84 Å². The normalized spacial score (nSPS) is 13.7. The predicted octanol–water partition coefficient (Wildman–Crippen LogP) is 2.14. The molecule has 1 rings (SSSR count). The lowest BCUT2D eigenvalue weighted by molar-refractivity contribution is 0.559. The van der Waals surface area contributed by atoms with Gasteiger partial charge in [0, 0.05) is 16.8 Å². The molecule has 5 heteroatoms. The Morgan fingerprint density at radius 1 is 1.31 bits per heavy atom. The average molecular weight is 306 g/mol. The molecule has 0 radical (unpaired) electrons. The van der Waals surface area contributed by atoms with Gasteiger partial charge >= 0.3 is 0 Å². The van der Waals surface area contributed by atoms with Gasteiger partial charge in [-0.2, -0.15) is 0 Å². The summed E-state index contributed by atoms with van der Waals surface area (Å²) < 4.78 is 23.2. The van der Waals surface area contributed by atoms with Crippen molar-refractivity contribution in [2.75, 3.05) is 19.1 Å². The summed E-state index contributed by atoms with van der Waals surface area (Å²) in [6, 6.07) is 7.99. The summed E-state index contributed by atoms with van der Waals surface area (Å²) in [5, 5.41) is 3.13. The zero-order valence-corrected chi connectivity index (χ0v) is 11.8. The van der Waals surface area contributed by atoms with Crippen molar-refractivity contribution in [3.63, 3.8) is 0 Å². The van der Waals surface area contributed by atoms with E-state index >= 15 is 0 Å². The Kier molecular flexibility index (Phi) is 4.95. The van der Waals surface area contributed by atoms with E-state index in [1.165, 1.54) is 6.26 Å². The Balaban J connectivity index is 2.71. The number of nitrogens with one attached hydrogen (secondary N) is 1. The van der Waals surface area contributed by atoms with Crippen LogP contribution in [0.5, 0.6) is 0 Å². The summed E-state index contributed by atoms with van der Waals surface area (Å²) in [5.41, 5.74) is 1.11. The van der Waals surface area contributed by atoms with E-state index in [2.05, 4.69) is 21.2 Å². The van der Waals surface area contributed by atoms with Crippen LogP contribution in [0.15, 0.2) is 28.7 Å². The molecule has 16 heavy (non-hydrogen) atoms. The fourth-order valence-electron chi connectivity index (χ4n) is 1.50. The number of halogens is 1. The van der Waals surface area contributed by atoms with Crippen LogP contribution in [-0.4, -0.2) is 27.5 Å². The molecule has 3 nitrogen and oxygen atoms in total. The van der Waals surface area contributed by atoms with Gasteiger partial charge in [-0.05, 0) is 31.2 Å². The van der Waals surface area contributed by atoms with E-state index in [1.54, 1.807) is 0 Å². The first-order valence-electron chi connectivity index (χ1n) is 5.03. The van der Waals surface area contributed by atoms with E-state index < -0.39 is 9.84 Å². The van der Waals surface area contributed by atoms with Crippen LogP contribution in [0.4, 0.5) is 0 Å². The number of sulfone groups is 1. The number of hydrogen-bond acceptors (Lipinski definition) is 3. The lowest BCUT2D eigenvalue weighted by atomic mass is 10.1. The monoisotopic (exact) mass is 305 g/mol. The first-order chi connectivity index (χ1) is 7.42. The van der Waals surface area contributed by atoms with Gasteiger partial charge in [0.1, 0.15) is 9.84 Å². The molecule has 1 aromatic rings. The first kappa shape index (κ1) is 13.7. The molecule has 0 aliphatic carbocycles. The maximum Gasteiger partial charge on any atom is 0.147 e. The summed E-state index contributed by atoms with van der Waals surface area (Å²) in [5.74, 6) is 0.203. The second-order valence-corrected chi connectivity index (χ2v) is 6.99. The average Bonchev–Trinajstić information content (AvgIpc) is 2.20. The van der Waals surface area contributed by atoms with E-state index in [0.29, 0.717) is 6.42 Å². The largest absolute Gasteiger partial charge is 0.313 e. The van der Waals surface area contributed by atoms with Crippen LogP contribution >= 0.6 is 15.9 Å². The van der Waals surface area contributed by atoms with Gasteiger partial charge in [0.25, 0.3) is 0 Å². The quantitative estimate of drug-likeness (QED) is 0.906. The third-order valence-electron chi connectivity index (χ3n) is 2.40. The SMILES string of the molecule is CNC(CCS(C)(=O)=O)c1ccc(Br)cc1. The van der Waals surface area contributed by atoms with E-state index in [-0.39, 0.29) is 11.8 Å². The molecule has 0 saturated carbocycles. The molecular formula is C11H16BrNO2S. The summed E-state index contributed by atoms with van der Waals surface area (Å²) in [6.07, 6.45) is 1.86. The molecule has 1 N–H and O–H groups in total. The minimum atomic E-state index is -2.89. The lowest BCUT2D eigenvalue weighted by Crippen LogP contribution is -2.19. The van der Waals surface area contributed by atoms with Crippen LogP contribution < -0.4 is 5.32 Å². The molecule has 0 spiro atoms. The standard InChI is InChI=1S/C11H16BrNO2S/c1-13-11(7-8-16(2,14)15)9-3-5-10(12)6-4-9/h3-6,11,13H,7-8H2,1-2H3. The van der Waals surface area contributed by atoms with Gasteiger partial charge in [-0.25, -0.2) is 8.42 Å². The Labute approximate surface area is 105 Å². The van der Waals surface area contributed by atoms with Gasteiger partial charge in [0.15, 0.2) is 0 Å². The molecular weight excluding hydrogens is 290 g/mol. The summed E-state index contributed by atoms with van der Waals surface area (Å²) in [6.45, 7) is 0. The molecule has 0 saturated heterocycles. The van der Waals surface area contributed by atoms with E-state index in [9.17, 15) is 8.42 Å². The molecule has 0 bridgehead atoms. The smallest absolute Gasteiger partial charge is 0.147 e. The van der Waals surface area contributed by atoms with Crippen molar-refractivity contribution >= 4 is 25.8 Å². The summed E-state index contributed by atoms with van der Waals surface area (Å²) in [7, 11) is -1.05. The fraction of sp³-hybridized carbons (Fsp3) is 0.455. The summed E-state index contributed by atoms with van der Waals surface area (Å²) in [4.78, 5) is 0. The molecule has 0 aromatic heterocycles. The van der Waals surface area contributed by atoms with Gasteiger partial charge in [-0.3, -0.25) is 0 Å². The van der Waals surface area contributed by atoms with Crippen LogP contribution in [0.3, 0.4) is 0 Å². The van der Waals surface area contributed by atoms with Crippen LogP contribution in [0.25, 0.3) is 0 Å². The second-order valence-electron chi connectivity index (χ2n) is 3.81. The number of benzene rings is 1. The van der Waals surface area contributed by atoms with Crippen LogP contribution in [0.1, 0.15) is 18.0 Å². The highest BCUT2D eigenvalue weighted by molar-refractivity contribution is 9.10. The Bertz CT molecular complexity index is 428. The molecule has 1 unspecified atom stereocenters. The van der Waals surface area contributed by atoms with Gasteiger partial charge in [0.2, 0.25) is 0 Å². The van der Waals surface area contributed by atoms with Gasteiger partial charge in [-0.15, -0.1) is 0 Å². The first-order valence-corrected chi connectivity index (χ1v) is 7.88. The van der Waals surface area contributed by atoms with Gasteiger partial charge < -0.3 is 5.32 Å². The van der Waals surface area contributed by atoms with E-state index in [0.717, 1.165) is 10.0 Å². The number of rotatable bonds is 5. The molecule has 1 atom stereocenters. The van der Waals surface area contributed by atoms with E-state index in [1.807, 2.05) is 31.3 Å². The number of hydrogen-bond donors (Lipinski definition) is 1. The topological polar surface area (TPSA) is 46.2 Å². The van der Waals surface area contributed by atoms with Crippen molar-refractivity contribution in [3.05, 3.63) is 34.3 Å². The zero-order valence-electron chi connectivity index (χ0n) is 9.40. The molecule has 90 valence electrons. The van der Waals surface area contributed by atoms with Crippen molar-refractivity contribution < 1.29 is 8.42 Å². The van der Waals surface area contributed by atoms with Crippen molar-refractivity contribution in [3.8, 4) is 0 Å². The second kappa shape index (κ2) is 5.80. The molecule has 1 aromatic carbocycles. The lowest BCUT2D eigenvalue weighted by Gasteiger charge is -2.16. The Morgan fingerprint density at radius 3 is 2.31 bits per heavy atom. The predicted molar refractivity (Wildman–Crippen MR) is 70.3 cm³/mol. The van der Waals surface area contributed by atoms with Crippen LogP contribution in [0, 0.1) is 0 Å². The maximum atomic E-state index is 11.1. The van der Waals surface area contributed by atoms with Gasteiger partial charge in [-0.1, -0.05) is 28.1 Å². The third-order valence-corrected chi connectivity index (χ3v) is 3.90. The summed E-state index contributed by atoms with van der Waals surface area (Å²) >= 11 is 3.37. The highest BCUT2D eigenvalue weighted by Crippen LogP contribution is 2.19. The Hall–Kier alpha value is -0.390. The highest BCUT2D eigenvalue weighted by Gasteiger charge is 2.12. The molecule has 0 fully saturated rings. The van der Waals surface area contributed by atoms with Gasteiger partial charge in [0.05, 0.1) is 5.75 Å². The minimum absolute atomic E-state index is 0.0859. The van der Waals surface area contributed by atoms with Crippen molar-refractivity contribution in [1.29, 1.82) is 0 Å². The van der Waals surface area contributed by atoms with Crippen molar-refractivity contribution in [2.45, 2.75) is 12.5 Å². The van der Waals surface area contributed by atoms with E-state index in [4.69, 9.17) is 0 Å².